The van der Waals surface area contributed by atoms with E-state index in [1.165, 1.54) is 83.0 Å². The van der Waals surface area contributed by atoms with Gasteiger partial charge in [-0.3, -0.25) is 10.5 Å². The van der Waals surface area contributed by atoms with Crippen LogP contribution in [0.3, 0.4) is 0 Å². The predicted molar refractivity (Wildman–Crippen MR) is 606 cm³/mol. The molecule has 0 radical (unpaired) electrons. The molecular formula is C127H188O8P+. The molecule has 12 aromatic rings. The lowest BCUT2D eigenvalue weighted by molar-refractivity contribution is -0.318. The molecule has 1 heterocycles. The molecule has 2 fully saturated rings. The summed E-state index contributed by atoms with van der Waals surface area (Å²) in [6.45, 7) is 66.1. The maximum Gasteiger partial charge on any atom is 1.00 e. The highest BCUT2D eigenvalue weighted by Crippen LogP contribution is 2.44. The van der Waals surface area contributed by atoms with Crippen LogP contribution in [0.2, 0.25) is 0 Å². The van der Waals surface area contributed by atoms with E-state index in [9.17, 15) is 10.2 Å². The van der Waals surface area contributed by atoms with E-state index in [0.717, 1.165) is 51.8 Å². The molecule has 3 atom stereocenters. The van der Waals surface area contributed by atoms with Gasteiger partial charge in [0.05, 0.1) is 23.9 Å². The molecule has 1 aliphatic heterocycles. The lowest BCUT2D eigenvalue weighted by Crippen LogP contribution is -2.40. The van der Waals surface area contributed by atoms with Gasteiger partial charge < -0.3 is 20.4 Å². The summed E-state index contributed by atoms with van der Waals surface area (Å²) in [6, 6.07) is 123. The Balaban J connectivity index is -0.000000346. The van der Waals surface area contributed by atoms with Crippen molar-refractivity contribution in [1.82, 2.24) is 0 Å². The third kappa shape index (κ3) is 56.0. The van der Waals surface area contributed by atoms with E-state index in [4.69, 9.17) is 15.3 Å². The molecule has 136 heavy (non-hydrogen) atoms. The second kappa shape index (κ2) is 72.3. The molecule has 0 spiro atoms. The fourth-order valence-corrected chi connectivity index (χ4v) is 13.6. The zero-order valence-electron chi connectivity index (χ0n) is 87.3. The lowest BCUT2D eigenvalue weighted by Gasteiger charge is -2.43. The van der Waals surface area contributed by atoms with Gasteiger partial charge in [0.2, 0.25) is 0 Å². The number of aliphatic hydroxyl groups is 2. The monoisotopic (exact) mass is 1870 g/mol. The van der Waals surface area contributed by atoms with Crippen LogP contribution in [0, 0.1) is 11.8 Å². The molecule has 12 aromatic carbocycles. The van der Waals surface area contributed by atoms with Gasteiger partial charge >= 0.3 is 1.43 Å². The topological polar surface area (TPSA) is 143 Å². The largest absolute Gasteiger partial charge is 1.00 e. The van der Waals surface area contributed by atoms with Crippen LogP contribution >= 0.6 is 9.24 Å². The van der Waals surface area contributed by atoms with Gasteiger partial charge in [-0.1, -0.05) is 545 Å². The molecule has 1 saturated carbocycles. The van der Waals surface area contributed by atoms with Crippen molar-refractivity contribution in [2.45, 2.75) is 296 Å². The Labute approximate surface area is 836 Å². The Bertz CT molecular complexity index is 4550. The van der Waals surface area contributed by atoms with Gasteiger partial charge in [-0.25, -0.2) is 9.78 Å². The molecule has 1 saturated heterocycles. The molecule has 6 N–H and O–H groups in total. The number of hydrogen-bond acceptors (Lipinski definition) is 7. The van der Waals surface area contributed by atoms with Crippen LogP contribution in [0.1, 0.15) is 321 Å². The summed E-state index contributed by atoms with van der Waals surface area (Å²) in [5.41, 5.74) is 14.7. The summed E-state index contributed by atoms with van der Waals surface area (Å²) in [5.74, 6) is 3.89. The molecule has 748 valence electrons. The number of ether oxygens (including phenoxy) is 1. The lowest BCUT2D eigenvalue weighted by atomic mass is 9.61. The van der Waals surface area contributed by atoms with Gasteiger partial charge in [0.25, 0.3) is 0 Å². The normalized spacial score (nSPS) is 12.3. The predicted octanol–water partition coefficient (Wildman–Crippen LogP) is 36.6. The Morgan fingerprint density at radius 2 is 0.574 bits per heavy atom. The minimum absolute atomic E-state index is 0. The van der Waals surface area contributed by atoms with Gasteiger partial charge in [0, 0.05) is 1.43 Å². The average molecular weight is 1870 g/mol. The standard InChI is InChI=1S/2C18H22.2C9H12O2.2C9H12O.C9H18.2C9H12.2C9H10.C3H6O.C3H6.CH5P.3CH4.H2O.H2/c1-17(2,15-11-7-5-8-12-15)18(3,4)16-13-9-6-10-14-16;1-15(16-10-6-4-7-11-16)14-18(2,3)17-12-8-5-9-13-17;2*1-9(2,11-10)8-6-4-3-5-7-8;2*1-9(2,10)8-6-4-3-5-7-8;5*1-8(2)9-6-4-3-5-7-9;1-3-2-4-3;1-3-2;1-2;;;;;/h5-14H,1-4H3;4-13,15H,14H2,1-3H3;2*3-7,10H,1-2H3;2*3-7,10H,1-2H3;8-9H,3-7H2,1-2H3;2*3-8H,1-2H3;2*3-7H,1H2,2H3;3H,2H2,1H3;3H,1H2,2H3;2H2,1H3;3*1H4;1H2;1H/p+1. The van der Waals surface area contributed by atoms with Crippen LogP contribution in [0.5, 0.6) is 0 Å². The van der Waals surface area contributed by atoms with Crippen molar-refractivity contribution in [3.63, 3.8) is 0 Å². The van der Waals surface area contributed by atoms with Crippen molar-refractivity contribution in [3.05, 3.63) is 457 Å². The average Bonchev–Trinajstić information content (AvgIpc) is 1.09. The number of hydrogen-bond donors (Lipinski definition) is 4. The van der Waals surface area contributed by atoms with Crippen LogP contribution in [-0.2, 0) is 53.2 Å². The SMILES string of the molecule is C.C.C.C=C(C)c1ccccc1.C=C(C)c1ccccc1.C=CC.CC(C)(O)c1ccccc1.CC(C)(O)c1ccccc1.CC(C)(OO)c1ccccc1.CC(C)(OO)c1ccccc1.CC(C)(c1ccccc1)C(C)(C)c1ccccc1.CC(C)C1CCCCC1.CC(C)c1ccccc1.CC(C)c1ccccc1.CC(CC(C)(C)c1ccccc1)c1ccccc1.CC1CO1.CP.O.[H+].[HH]. The van der Waals surface area contributed by atoms with E-state index in [0.29, 0.717) is 23.9 Å². The van der Waals surface area contributed by atoms with E-state index in [2.05, 4.69) is 330 Å². The maximum atomic E-state index is 9.49. The molecule has 1 aliphatic carbocycles. The van der Waals surface area contributed by atoms with Gasteiger partial charge in [0.15, 0.2) is 0 Å². The number of benzene rings is 12. The highest BCUT2D eigenvalue weighted by atomic mass is 31.0. The zero-order valence-corrected chi connectivity index (χ0v) is 87.5. The van der Waals surface area contributed by atoms with E-state index in [-0.39, 0.29) is 46.9 Å². The van der Waals surface area contributed by atoms with Crippen molar-refractivity contribution in [1.29, 1.82) is 0 Å². The summed E-state index contributed by atoms with van der Waals surface area (Å²) in [7, 11) is 2.42. The van der Waals surface area contributed by atoms with Crippen LogP contribution < -0.4 is 0 Å². The smallest absolute Gasteiger partial charge is 0.412 e. The number of allylic oxidation sites excluding steroid dienone is 3. The Morgan fingerprint density at radius 3 is 0.743 bits per heavy atom. The third-order valence-corrected chi connectivity index (χ3v) is 23.2. The third-order valence-electron chi connectivity index (χ3n) is 23.2. The Kier molecular flexibility index (Phi) is 70.3. The first kappa shape index (κ1) is 132. The highest BCUT2D eigenvalue weighted by Gasteiger charge is 2.39. The summed E-state index contributed by atoms with van der Waals surface area (Å²) >= 11 is 0. The molecule has 0 amide bonds. The molecule has 0 aromatic heterocycles. The fraction of sp³-hybridized carbons (Fsp3) is 0.386. The maximum absolute atomic E-state index is 9.49. The summed E-state index contributed by atoms with van der Waals surface area (Å²) in [4.78, 5) is 8.65. The van der Waals surface area contributed by atoms with Crippen LogP contribution in [0.15, 0.2) is 390 Å². The fourth-order valence-electron chi connectivity index (χ4n) is 13.6. The van der Waals surface area contributed by atoms with Crippen molar-refractivity contribution >= 4 is 20.4 Å². The highest BCUT2D eigenvalue weighted by molar-refractivity contribution is 7.15. The van der Waals surface area contributed by atoms with Gasteiger partial charge in [-0.2, -0.15) is 0 Å². The molecule has 9 heteroatoms. The molecule has 3 unspecified atom stereocenters. The zero-order chi connectivity index (χ0) is 99.3. The first-order valence-electron chi connectivity index (χ1n) is 47.2. The molecular weight excluding hydrogens is 1680 g/mol. The van der Waals surface area contributed by atoms with Crippen molar-refractivity contribution in [2.24, 2.45) is 11.8 Å². The summed E-state index contributed by atoms with van der Waals surface area (Å²) in [6.07, 6.45) is 11.0. The van der Waals surface area contributed by atoms with E-state index in [1.807, 2.05) is 225 Å². The van der Waals surface area contributed by atoms with Crippen molar-refractivity contribution in [3.8, 4) is 0 Å². The number of epoxide rings is 1. The minimum atomic E-state index is -0.707. The van der Waals surface area contributed by atoms with Crippen molar-refractivity contribution in [2.75, 3.05) is 13.3 Å². The Hall–Kier alpha value is -10.0. The van der Waals surface area contributed by atoms with Crippen LogP contribution in [-0.4, -0.2) is 45.6 Å². The second-order valence-electron chi connectivity index (χ2n) is 38.2. The van der Waals surface area contributed by atoms with E-state index < -0.39 is 22.4 Å². The second-order valence-corrected chi connectivity index (χ2v) is 38.2. The van der Waals surface area contributed by atoms with E-state index in [1.54, 1.807) is 33.8 Å². The summed E-state index contributed by atoms with van der Waals surface area (Å²) < 4.78 is 4.71. The van der Waals surface area contributed by atoms with Crippen LogP contribution in [0.4, 0.5) is 0 Å². The van der Waals surface area contributed by atoms with Crippen LogP contribution in [0.25, 0.3) is 11.1 Å². The molecule has 0 bridgehead atoms. The molecule has 14 rings (SSSR count). The van der Waals surface area contributed by atoms with E-state index >= 15 is 0 Å². The van der Waals surface area contributed by atoms with Crippen molar-refractivity contribution < 1.29 is 43.6 Å². The molecule has 8 nitrogen and oxygen atoms in total. The summed E-state index contributed by atoms with van der Waals surface area (Å²) in [5, 5.41) is 36.1. The first-order valence-corrected chi connectivity index (χ1v) is 48.4. The quantitative estimate of drug-likeness (QED) is 0.0220. The number of rotatable bonds is 18. The first-order chi connectivity index (χ1) is 62.4. The van der Waals surface area contributed by atoms with Gasteiger partial charge in [0.1, 0.15) is 11.2 Å². The van der Waals surface area contributed by atoms with Gasteiger partial charge in [-0.05, 0) is 202 Å². The van der Waals surface area contributed by atoms with Gasteiger partial charge in [-0.15, -0.1) is 15.8 Å². The molecule has 2 aliphatic rings. The minimum Gasteiger partial charge on any atom is -0.412 e. The Morgan fingerprint density at radius 1 is 0.375 bits per heavy atom.